The first-order valence-electron chi connectivity index (χ1n) is 6.75. The smallest absolute Gasteiger partial charge is 0.0366 e. The van der Waals surface area contributed by atoms with Gasteiger partial charge in [0, 0.05) is 24.8 Å². The van der Waals surface area contributed by atoms with E-state index in [1.54, 1.807) is 0 Å². The van der Waals surface area contributed by atoms with Crippen LogP contribution in [0, 0.1) is 5.92 Å². The molecule has 1 aliphatic rings. The van der Waals surface area contributed by atoms with E-state index < -0.39 is 0 Å². The first kappa shape index (κ1) is 12.4. The van der Waals surface area contributed by atoms with E-state index in [0.717, 1.165) is 18.9 Å². The van der Waals surface area contributed by atoms with Crippen LogP contribution >= 0.6 is 0 Å². The Morgan fingerprint density at radius 3 is 2.53 bits per heavy atom. The summed E-state index contributed by atoms with van der Waals surface area (Å²) in [5, 5.41) is 3.42. The van der Waals surface area contributed by atoms with E-state index in [9.17, 15) is 0 Å². The molecule has 0 saturated carbocycles. The Morgan fingerprint density at radius 2 is 2.00 bits per heavy atom. The van der Waals surface area contributed by atoms with Crippen LogP contribution in [0.2, 0.25) is 0 Å². The van der Waals surface area contributed by atoms with E-state index in [-0.39, 0.29) is 0 Å². The van der Waals surface area contributed by atoms with Gasteiger partial charge in [-0.25, -0.2) is 0 Å². The summed E-state index contributed by atoms with van der Waals surface area (Å²) < 4.78 is 0. The number of nitrogens with one attached hydrogen (secondary N) is 1. The lowest BCUT2D eigenvalue weighted by atomic mass is 9.93. The van der Waals surface area contributed by atoms with Crippen LogP contribution in [0.3, 0.4) is 0 Å². The molecule has 1 saturated heterocycles. The second-order valence-corrected chi connectivity index (χ2v) is 5.13. The third kappa shape index (κ3) is 2.81. The molecule has 2 heteroatoms. The molecule has 1 N–H and O–H groups in total. The van der Waals surface area contributed by atoms with E-state index in [2.05, 4.69) is 55.4 Å². The molecule has 2 nitrogen and oxygen atoms in total. The van der Waals surface area contributed by atoms with Crippen molar-refractivity contribution in [1.82, 2.24) is 5.32 Å². The molecule has 1 aromatic rings. The zero-order chi connectivity index (χ0) is 12.3. The van der Waals surface area contributed by atoms with Crippen LogP contribution in [0.15, 0.2) is 24.3 Å². The average Bonchev–Trinajstić information content (AvgIpc) is 2.39. The van der Waals surface area contributed by atoms with E-state index in [1.807, 2.05) is 0 Å². The number of hydrogen-bond donors (Lipinski definition) is 1. The monoisotopic (exact) mass is 232 g/mol. The van der Waals surface area contributed by atoms with Crippen LogP contribution in [0.5, 0.6) is 0 Å². The maximum absolute atomic E-state index is 3.42. The summed E-state index contributed by atoms with van der Waals surface area (Å²) in [6.07, 6.45) is 2.37. The van der Waals surface area contributed by atoms with Crippen LogP contribution in [0.4, 0.5) is 5.69 Å². The summed E-state index contributed by atoms with van der Waals surface area (Å²) in [5.74, 6) is 0.722. The first-order valence-corrected chi connectivity index (χ1v) is 6.75. The summed E-state index contributed by atoms with van der Waals surface area (Å²) in [6.45, 7) is 6.88. The predicted molar refractivity (Wildman–Crippen MR) is 74.7 cm³/mol. The van der Waals surface area contributed by atoms with Crippen LogP contribution in [-0.4, -0.2) is 26.2 Å². The summed E-state index contributed by atoms with van der Waals surface area (Å²) in [4.78, 5) is 2.51. The van der Waals surface area contributed by atoms with Gasteiger partial charge in [0.2, 0.25) is 0 Å². The van der Waals surface area contributed by atoms with Crippen molar-refractivity contribution in [2.75, 3.05) is 25.0 Å². The molecular weight excluding hydrogens is 208 g/mol. The molecule has 1 aromatic carbocycles. The molecule has 17 heavy (non-hydrogen) atoms. The number of aryl methyl sites for hydroxylation is 1. The van der Waals surface area contributed by atoms with Gasteiger partial charge in [-0.15, -0.1) is 0 Å². The Kier molecular flexibility index (Phi) is 4.06. The Bertz CT molecular complexity index is 344. The molecule has 1 heterocycles. The minimum atomic E-state index is 0.682. The fraction of sp³-hybridized carbons (Fsp3) is 0.600. The molecule has 0 aliphatic carbocycles. The number of nitrogens with zero attached hydrogens (tertiary/aromatic N) is 1. The number of hydrogen-bond acceptors (Lipinski definition) is 2. The van der Waals surface area contributed by atoms with E-state index in [4.69, 9.17) is 0 Å². The van der Waals surface area contributed by atoms with Crippen molar-refractivity contribution in [1.29, 1.82) is 0 Å². The van der Waals surface area contributed by atoms with Crippen molar-refractivity contribution < 1.29 is 0 Å². The zero-order valence-corrected chi connectivity index (χ0v) is 11.2. The minimum absolute atomic E-state index is 0.682. The topological polar surface area (TPSA) is 15.3 Å². The fourth-order valence-electron chi connectivity index (χ4n) is 2.75. The van der Waals surface area contributed by atoms with Gasteiger partial charge in [0.05, 0.1) is 0 Å². The van der Waals surface area contributed by atoms with Gasteiger partial charge in [0.25, 0.3) is 0 Å². The average molecular weight is 232 g/mol. The van der Waals surface area contributed by atoms with Gasteiger partial charge in [0.15, 0.2) is 0 Å². The molecule has 0 spiro atoms. The van der Waals surface area contributed by atoms with Gasteiger partial charge in [-0.3, -0.25) is 0 Å². The van der Waals surface area contributed by atoms with Gasteiger partial charge >= 0.3 is 0 Å². The van der Waals surface area contributed by atoms with Crippen molar-refractivity contribution >= 4 is 5.69 Å². The highest BCUT2D eigenvalue weighted by Crippen LogP contribution is 2.23. The third-order valence-electron chi connectivity index (χ3n) is 3.99. The lowest BCUT2D eigenvalue weighted by Crippen LogP contribution is -2.47. The third-order valence-corrected chi connectivity index (χ3v) is 3.99. The van der Waals surface area contributed by atoms with Crippen LogP contribution in [-0.2, 0) is 6.42 Å². The minimum Gasteiger partial charge on any atom is -0.371 e. The zero-order valence-electron chi connectivity index (χ0n) is 11.2. The number of piperidine rings is 1. The van der Waals surface area contributed by atoms with Crippen LogP contribution < -0.4 is 10.2 Å². The molecule has 0 radical (unpaired) electrons. The summed E-state index contributed by atoms with van der Waals surface area (Å²) >= 11 is 0. The molecule has 0 amide bonds. The highest BCUT2D eigenvalue weighted by molar-refractivity contribution is 5.48. The van der Waals surface area contributed by atoms with E-state index in [0.29, 0.717) is 6.04 Å². The first-order chi connectivity index (χ1) is 8.24. The Labute approximate surface area is 105 Å². The van der Waals surface area contributed by atoms with Crippen molar-refractivity contribution in [2.45, 2.75) is 32.7 Å². The predicted octanol–water partition coefficient (Wildman–Crippen LogP) is 2.68. The highest BCUT2D eigenvalue weighted by Gasteiger charge is 2.24. The largest absolute Gasteiger partial charge is 0.371 e. The van der Waals surface area contributed by atoms with E-state index >= 15 is 0 Å². The van der Waals surface area contributed by atoms with Crippen LogP contribution in [0.25, 0.3) is 0 Å². The molecule has 2 atom stereocenters. The normalized spacial score (nSPS) is 25.0. The molecule has 1 aliphatic heterocycles. The quantitative estimate of drug-likeness (QED) is 0.862. The summed E-state index contributed by atoms with van der Waals surface area (Å²) in [5.41, 5.74) is 2.80. The maximum atomic E-state index is 3.42. The Hall–Kier alpha value is -1.02. The Balaban J connectivity index is 2.03. The molecule has 94 valence electrons. The maximum Gasteiger partial charge on any atom is 0.0366 e. The molecule has 0 bridgehead atoms. The van der Waals surface area contributed by atoms with Crippen LogP contribution in [0.1, 0.15) is 25.8 Å². The number of anilines is 1. The van der Waals surface area contributed by atoms with Crippen molar-refractivity contribution in [2.24, 2.45) is 5.92 Å². The summed E-state index contributed by atoms with van der Waals surface area (Å²) in [7, 11) is 2.08. The van der Waals surface area contributed by atoms with Gasteiger partial charge < -0.3 is 10.2 Å². The molecular formula is C15H24N2. The standard InChI is InChI=1S/C15H24N2/c1-4-13-5-7-14(8-6-13)17-10-9-15(16-3)12(2)11-17/h5-8,12,15-16H,4,9-11H2,1-3H3. The highest BCUT2D eigenvalue weighted by atomic mass is 15.2. The molecule has 2 rings (SSSR count). The van der Waals surface area contributed by atoms with Gasteiger partial charge in [-0.05, 0) is 43.5 Å². The van der Waals surface area contributed by atoms with Gasteiger partial charge in [-0.1, -0.05) is 26.0 Å². The van der Waals surface area contributed by atoms with Gasteiger partial charge in [-0.2, -0.15) is 0 Å². The van der Waals surface area contributed by atoms with Crippen molar-refractivity contribution in [3.05, 3.63) is 29.8 Å². The number of rotatable bonds is 3. The summed E-state index contributed by atoms with van der Waals surface area (Å²) in [6, 6.07) is 9.73. The lowest BCUT2D eigenvalue weighted by Gasteiger charge is -2.38. The Morgan fingerprint density at radius 1 is 1.29 bits per heavy atom. The van der Waals surface area contributed by atoms with Crippen molar-refractivity contribution in [3.63, 3.8) is 0 Å². The lowest BCUT2D eigenvalue weighted by molar-refractivity contribution is 0.339. The number of benzene rings is 1. The second kappa shape index (κ2) is 5.54. The molecule has 0 aromatic heterocycles. The second-order valence-electron chi connectivity index (χ2n) is 5.13. The SMILES string of the molecule is CCc1ccc(N2CCC(NC)C(C)C2)cc1. The van der Waals surface area contributed by atoms with Crippen molar-refractivity contribution in [3.8, 4) is 0 Å². The molecule has 2 unspecified atom stereocenters. The van der Waals surface area contributed by atoms with E-state index in [1.165, 1.54) is 24.2 Å². The van der Waals surface area contributed by atoms with Gasteiger partial charge in [0.1, 0.15) is 0 Å². The fourth-order valence-corrected chi connectivity index (χ4v) is 2.75. The molecule has 1 fully saturated rings.